The molecule has 1 fully saturated rings. The Kier molecular flexibility index (Phi) is 5.91. The number of carboxylic acid groups (broad SMARTS) is 2. The van der Waals surface area contributed by atoms with E-state index in [-0.39, 0.29) is 0 Å². The molecule has 0 heterocycles. The van der Waals surface area contributed by atoms with E-state index < -0.39 is 23.8 Å². The van der Waals surface area contributed by atoms with Gasteiger partial charge in [-0.25, -0.2) is 0 Å². The third-order valence-corrected chi connectivity index (χ3v) is 3.07. The van der Waals surface area contributed by atoms with E-state index in [4.69, 9.17) is 10.2 Å². The van der Waals surface area contributed by atoms with Crippen LogP contribution in [-0.2, 0) is 9.59 Å². The van der Waals surface area contributed by atoms with Crippen LogP contribution >= 0.6 is 0 Å². The van der Waals surface area contributed by atoms with Gasteiger partial charge < -0.3 is 10.2 Å². The molecule has 2 rings (SSSR count). The van der Waals surface area contributed by atoms with Crippen molar-refractivity contribution < 1.29 is 19.8 Å². The number of rotatable bonds is 2. The summed E-state index contributed by atoms with van der Waals surface area (Å²) in [5.41, 5.74) is 0. The first-order chi connectivity index (χ1) is 8.63. The summed E-state index contributed by atoms with van der Waals surface area (Å²) in [4.78, 5) is 21.2. The van der Waals surface area contributed by atoms with E-state index in [1.807, 2.05) is 36.4 Å². The number of hydrogen-bond acceptors (Lipinski definition) is 2. The molecule has 0 spiro atoms. The van der Waals surface area contributed by atoms with Crippen molar-refractivity contribution in [2.24, 2.45) is 11.8 Å². The second-order valence-electron chi connectivity index (χ2n) is 4.33. The van der Waals surface area contributed by atoms with Crippen LogP contribution in [0.3, 0.4) is 0 Å². The van der Waals surface area contributed by atoms with Gasteiger partial charge in [0.05, 0.1) is 11.8 Å². The standard InChI is InChI=1S/C8H12O4.C6H6/c9-7(10)5-3-1-2-4-6(5)8(11)12;1-2-4-6-5-3-1/h5-6H,1-4H2,(H,9,10)(H,11,12);1-6H/t5-,6+;. The van der Waals surface area contributed by atoms with Crippen LogP contribution in [0.2, 0.25) is 0 Å². The molecule has 0 aromatic heterocycles. The van der Waals surface area contributed by atoms with Crippen LogP contribution in [0.15, 0.2) is 36.4 Å². The zero-order valence-corrected chi connectivity index (χ0v) is 10.2. The highest BCUT2D eigenvalue weighted by Crippen LogP contribution is 2.30. The molecule has 1 aliphatic carbocycles. The van der Waals surface area contributed by atoms with Crippen LogP contribution in [0.5, 0.6) is 0 Å². The molecule has 1 aromatic rings. The molecular weight excluding hydrogens is 232 g/mol. The lowest BCUT2D eigenvalue weighted by Crippen LogP contribution is -2.32. The van der Waals surface area contributed by atoms with Crippen LogP contribution in [0, 0.1) is 11.8 Å². The first kappa shape index (κ1) is 14.2. The maximum Gasteiger partial charge on any atom is 0.307 e. The Morgan fingerprint density at radius 3 is 1.22 bits per heavy atom. The zero-order valence-electron chi connectivity index (χ0n) is 10.2. The summed E-state index contributed by atoms with van der Waals surface area (Å²) in [6.45, 7) is 0. The molecule has 1 aliphatic rings. The predicted octanol–water partition coefficient (Wildman–Crippen LogP) is 2.65. The van der Waals surface area contributed by atoms with E-state index in [9.17, 15) is 9.59 Å². The van der Waals surface area contributed by atoms with Gasteiger partial charge in [-0.1, -0.05) is 49.2 Å². The summed E-state index contributed by atoms with van der Waals surface area (Å²) in [5.74, 6) is -3.28. The van der Waals surface area contributed by atoms with E-state index >= 15 is 0 Å². The van der Waals surface area contributed by atoms with E-state index in [0.29, 0.717) is 12.8 Å². The molecule has 2 atom stereocenters. The van der Waals surface area contributed by atoms with Crippen molar-refractivity contribution >= 4 is 11.9 Å². The number of carbonyl (C=O) groups is 2. The Bertz CT molecular complexity index is 326. The van der Waals surface area contributed by atoms with Gasteiger partial charge in [0.15, 0.2) is 0 Å². The van der Waals surface area contributed by atoms with E-state index in [1.165, 1.54) is 0 Å². The molecule has 98 valence electrons. The lowest BCUT2D eigenvalue weighted by atomic mass is 9.79. The van der Waals surface area contributed by atoms with Crippen molar-refractivity contribution in [2.45, 2.75) is 25.7 Å². The second-order valence-corrected chi connectivity index (χ2v) is 4.33. The lowest BCUT2D eigenvalue weighted by molar-refractivity contribution is -0.155. The molecule has 4 nitrogen and oxygen atoms in total. The van der Waals surface area contributed by atoms with E-state index in [2.05, 4.69) is 0 Å². The first-order valence-electron chi connectivity index (χ1n) is 6.08. The van der Waals surface area contributed by atoms with Gasteiger partial charge in [0.2, 0.25) is 0 Å². The molecule has 0 bridgehead atoms. The normalized spacial score (nSPS) is 22.4. The molecule has 0 aliphatic heterocycles. The summed E-state index contributed by atoms with van der Waals surface area (Å²) in [7, 11) is 0. The Labute approximate surface area is 106 Å². The SMILES string of the molecule is O=C(O)[C@H]1CCCC[C@H]1C(=O)O.c1ccccc1. The minimum Gasteiger partial charge on any atom is -0.481 e. The Morgan fingerprint density at radius 2 is 1.00 bits per heavy atom. The lowest BCUT2D eigenvalue weighted by Gasteiger charge is -2.24. The Hall–Kier alpha value is -1.84. The summed E-state index contributed by atoms with van der Waals surface area (Å²) in [6, 6.07) is 12.0. The molecule has 0 amide bonds. The monoisotopic (exact) mass is 250 g/mol. The summed E-state index contributed by atoms with van der Waals surface area (Å²) in [6.07, 6.45) is 2.68. The van der Waals surface area contributed by atoms with E-state index in [0.717, 1.165) is 12.8 Å². The molecular formula is C14H18O4. The van der Waals surface area contributed by atoms with Crippen molar-refractivity contribution in [1.29, 1.82) is 0 Å². The molecule has 1 aromatic carbocycles. The number of aliphatic carboxylic acids is 2. The highest BCUT2D eigenvalue weighted by Gasteiger charge is 2.35. The molecule has 18 heavy (non-hydrogen) atoms. The van der Waals surface area contributed by atoms with Crippen LogP contribution in [0.1, 0.15) is 25.7 Å². The fraction of sp³-hybridized carbons (Fsp3) is 0.429. The van der Waals surface area contributed by atoms with Gasteiger partial charge in [0.25, 0.3) is 0 Å². The van der Waals surface area contributed by atoms with Gasteiger partial charge in [-0.05, 0) is 12.8 Å². The van der Waals surface area contributed by atoms with Crippen LogP contribution in [0.25, 0.3) is 0 Å². The smallest absolute Gasteiger partial charge is 0.307 e. The number of carboxylic acids is 2. The quantitative estimate of drug-likeness (QED) is 0.846. The zero-order chi connectivity index (χ0) is 13.4. The Balaban J connectivity index is 0.000000225. The summed E-state index contributed by atoms with van der Waals surface area (Å²) in [5, 5.41) is 17.4. The topological polar surface area (TPSA) is 74.6 Å². The van der Waals surface area contributed by atoms with Crippen LogP contribution in [-0.4, -0.2) is 22.2 Å². The van der Waals surface area contributed by atoms with Crippen molar-refractivity contribution in [3.63, 3.8) is 0 Å². The number of hydrogen-bond donors (Lipinski definition) is 2. The van der Waals surface area contributed by atoms with Gasteiger partial charge >= 0.3 is 11.9 Å². The van der Waals surface area contributed by atoms with Crippen molar-refractivity contribution in [3.8, 4) is 0 Å². The largest absolute Gasteiger partial charge is 0.481 e. The third-order valence-electron chi connectivity index (χ3n) is 3.07. The maximum atomic E-state index is 10.6. The third kappa shape index (κ3) is 4.57. The van der Waals surface area contributed by atoms with Crippen molar-refractivity contribution in [2.75, 3.05) is 0 Å². The van der Waals surface area contributed by atoms with Gasteiger partial charge in [-0.15, -0.1) is 0 Å². The predicted molar refractivity (Wildman–Crippen MR) is 67.2 cm³/mol. The molecule has 0 radical (unpaired) electrons. The highest BCUT2D eigenvalue weighted by molar-refractivity contribution is 5.80. The van der Waals surface area contributed by atoms with Crippen molar-refractivity contribution in [3.05, 3.63) is 36.4 Å². The fourth-order valence-corrected chi connectivity index (χ4v) is 2.11. The molecule has 0 saturated heterocycles. The average molecular weight is 250 g/mol. The Morgan fingerprint density at radius 1 is 0.722 bits per heavy atom. The number of benzene rings is 1. The molecule has 0 unspecified atom stereocenters. The van der Waals surface area contributed by atoms with Gasteiger partial charge in [-0.2, -0.15) is 0 Å². The van der Waals surface area contributed by atoms with Gasteiger partial charge in [-0.3, -0.25) is 9.59 Å². The first-order valence-corrected chi connectivity index (χ1v) is 6.08. The van der Waals surface area contributed by atoms with E-state index in [1.54, 1.807) is 0 Å². The van der Waals surface area contributed by atoms with Crippen LogP contribution < -0.4 is 0 Å². The van der Waals surface area contributed by atoms with Crippen LogP contribution in [0.4, 0.5) is 0 Å². The highest BCUT2D eigenvalue weighted by atomic mass is 16.4. The fourth-order valence-electron chi connectivity index (χ4n) is 2.11. The summed E-state index contributed by atoms with van der Waals surface area (Å²) >= 11 is 0. The minimum absolute atomic E-state index is 0.506. The second kappa shape index (κ2) is 7.48. The summed E-state index contributed by atoms with van der Waals surface area (Å²) < 4.78 is 0. The molecule has 4 heteroatoms. The minimum atomic E-state index is -0.970. The molecule has 2 N–H and O–H groups in total. The average Bonchev–Trinajstić information content (AvgIpc) is 2.41. The molecule has 1 saturated carbocycles. The van der Waals surface area contributed by atoms with Crippen molar-refractivity contribution in [1.82, 2.24) is 0 Å². The van der Waals surface area contributed by atoms with Gasteiger partial charge in [0, 0.05) is 0 Å². The maximum absolute atomic E-state index is 10.6. The van der Waals surface area contributed by atoms with Gasteiger partial charge in [0.1, 0.15) is 0 Å².